The molecule has 1 aromatic heterocycles. The highest BCUT2D eigenvalue weighted by atomic mass is 16.6. The lowest BCUT2D eigenvalue weighted by Gasteiger charge is -2.13. The van der Waals surface area contributed by atoms with Crippen molar-refractivity contribution in [1.82, 2.24) is 10.5 Å². The second-order valence-electron chi connectivity index (χ2n) is 4.90. The summed E-state index contributed by atoms with van der Waals surface area (Å²) in [5, 5.41) is 0. The lowest BCUT2D eigenvalue weighted by molar-refractivity contribution is -0.142. The molecule has 6 nitrogen and oxygen atoms in total. The number of carbonyl (C=O) groups is 2. The van der Waals surface area contributed by atoms with Crippen molar-refractivity contribution in [2.45, 2.75) is 38.7 Å². The normalized spacial score (nSPS) is 18.0. The standard InChI is InChI=1S/C15H20N2O4/c1-3-4-5-8-11-12(10-7-6-9-16-10)13(15(19)21-11)14(18)17-20-2/h6-7,9,11,16H,3-5,8H2,1-2H3,(H,17,18). The molecule has 1 aliphatic heterocycles. The van der Waals surface area contributed by atoms with E-state index in [9.17, 15) is 9.59 Å². The number of hydrogen-bond acceptors (Lipinski definition) is 4. The van der Waals surface area contributed by atoms with Crippen LogP contribution in [0.3, 0.4) is 0 Å². The zero-order valence-corrected chi connectivity index (χ0v) is 12.3. The first-order valence-corrected chi connectivity index (χ1v) is 7.11. The molecule has 1 atom stereocenters. The third-order valence-electron chi connectivity index (χ3n) is 3.42. The third-order valence-corrected chi connectivity index (χ3v) is 3.42. The summed E-state index contributed by atoms with van der Waals surface area (Å²) in [7, 11) is 1.33. The highest BCUT2D eigenvalue weighted by molar-refractivity contribution is 6.24. The molecule has 0 radical (unpaired) electrons. The Morgan fingerprint density at radius 2 is 2.29 bits per heavy atom. The van der Waals surface area contributed by atoms with Crippen LogP contribution in [-0.2, 0) is 19.2 Å². The van der Waals surface area contributed by atoms with Gasteiger partial charge >= 0.3 is 5.97 Å². The molecule has 114 valence electrons. The lowest BCUT2D eigenvalue weighted by atomic mass is 9.97. The molecule has 0 saturated heterocycles. The number of hydroxylamine groups is 1. The van der Waals surface area contributed by atoms with Crippen molar-refractivity contribution in [2.24, 2.45) is 0 Å². The lowest BCUT2D eigenvalue weighted by Crippen LogP contribution is -2.26. The molecule has 0 aliphatic carbocycles. The van der Waals surface area contributed by atoms with Gasteiger partial charge in [0.2, 0.25) is 0 Å². The molecule has 1 aliphatic rings. The van der Waals surface area contributed by atoms with Gasteiger partial charge in [-0.3, -0.25) is 9.63 Å². The zero-order chi connectivity index (χ0) is 15.2. The molecule has 0 saturated carbocycles. The van der Waals surface area contributed by atoms with E-state index in [1.54, 1.807) is 6.20 Å². The van der Waals surface area contributed by atoms with Crippen molar-refractivity contribution in [3.05, 3.63) is 29.6 Å². The number of aromatic nitrogens is 1. The molecule has 0 bridgehead atoms. The number of rotatable bonds is 7. The maximum absolute atomic E-state index is 12.0. The molecular formula is C15H20N2O4. The summed E-state index contributed by atoms with van der Waals surface area (Å²) in [6.45, 7) is 2.11. The number of hydrogen-bond donors (Lipinski definition) is 2. The minimum atomic E-state index is -0.601. The number of esters is 1. The molecule has 1 aromatic rings. The average molecular weight is 292 g/mol. The molecule has 2 rings (SSSR count). The van der Waals surface area contributed by atoms with Gasteiger partial charge in [-0.1, -0.05) is 19.8 Å². The first-order valence-electron chi connectivity index (χ1n) is 7.11. The first-order chi connectivity index (χ1) is 10.2. The van der Waals surface area contributed by atoms with E-state index in [2.05, 4.69) is 22.2 Å². The second kappa shape index (κ2) is 7.08. The molecule has 2 heterocycles. The number of cyclic esters (lactones) is 1. The Bertz CT molecular complexity index is 534. The number of nitrogens with one attached hydrogen (secondary N) is 2. The molecule has 1 unspecified atom stereocenters. The van der Waals surface area contributed by atoms with Crippen LogP contribution in [0, 0.1) is 0 Å². The number of amides is 1. The minimum Gasteiger partial charge on any atom is -0.454 e. The summed E-state index contributed by atoms with van der Waals surface area (Å²) < 4.78 is 5.38. The van der Waals surface area contributed by atoms with Gasteiger partial charge in [-0.05, 0) is 25.0 Å². The molecule has 2 N–H and O–H groups in total. The summed E-state index contributed by atoms with van der Waals surface area (Å²) in [4.78, 5) is 31.7. The number of H-pyrrole nitrogens is 1. The number of carbonyl (C=O) groups excluding carboxylic acids is 2. The second-order valence-corrected chi connectivity index (χ2v) is 4.90. The predicted octanol–water partition coefficient (Wildman–Crippen LogP) is 1.95. The number of ether oxygens (including phenoxy) is 1. The highest BCUT2D eigenvalue weighted by Crippen LogP contribution is 2.33. The fourth-order valence-electron chi connectivity index (χ4n) is 2.47. The van der Waals surface area contributed by atoms with Crippen molar-refractivity contribution in [3.63, 3.8) is 0 Å². The Hall–Kier alpha value is -2.08. The predicted molar refractivity (Wildman–Crippen MR) is 76.9 cm³/mol. The van der Waals surface area contributed by atoms with Gasteiger partial charge in [0.05, 0.1) is 7.11 Å². The Balaban J connectivity index is 2.31. The molecule has 0 spiro atoms. The Kier molecular flexibility index (Phi) is 5.16. The monoisotopic (exact) mass is 292 g/mol. The average Bonchev–Trinajstić information content (AvgIpc) is 3.06. The van der Waals surface area contributed by atoms with Crippen molar-refractivity contribution in [2.75, 3.05) is 7.11 Å². The van der Waals surface area contributed by atoms with E-state index in [0.29, 0.717) is 12.0 Å². The topological polar surface area (TPSA) is 80.4 Å². The van der Waals surface area contributed by atoms with Crippen molar-refractivity contribution >= 4 is 17.4 Å². The van der Waals surface area contributed by atoms with E-state index in [-0.39, 0.29) is 11.7 Å². The van der Waals surface area contributed by atoms with Crippen LogP contribution < -0.4 is 5.48 Å². The maximum atomic E-state index is 12.0. The van der Waals surface area contributed by atoms with Crippen LogP contribution in [0.1, 0.15) is 38.3 Å². The largest absolute Gasteiger partial charge is 0.454 e. The van der Waals surface area contributed by atoms with Crippen molar-refractivity contribution < 1.29 is 19.2 Å². The Morgan fingerprint density at radius 1 is 1.48 bits per heavy atom. The minimum absolute atomic E-state index is 0.0146. The van der Waals surface area contributed by atoms with E-state index >= 15 is 0 Å². The van der Waals surface area contributed by atoms with E-state index in [1.165, 1.54) is 7.11 Å². The van der Waals surface area contributed by atoms with Gasteiger partial charge in [0.15, 0.2) is 0 Å². The smallest absolute Gasteiger partial charge is 0.344 e. The quantitative estimate of drug-likeness (QED) is 0.348. The molecule has 0 aromatic carbocycles. The maximum Gasteiger partial charge on any atom is 0.344 e. The summed E-state index contributed by atoms with van der Waals surface area (Å²) in [5.41, 5.74) is 3.53. The molecule has 6 heteroatoms. The summed E-state index contributed by atoms with van der Waals surface area (Å²) in [6, 6.07) is 3.64. The van der Waals surface area contributed by atoms with Crippen LogP contribution in [0.4, 0.5) is 0 Å². The van der Waals surface area contributed by atoms with E-state index in [0.717, 1.165) is 25.0 Å². The van der Waals surface area contributed by atoms with E-state index in [1.807, 2.05) is 12.1 Å². The Morgan fingerprint density at radius 3 is 2.90 bits per heavy atom. The van der Waals surface area contributed by atoms with Gasteiger partial charge < -0.3 is 9.72 Å². The zero-order valence-electron chi connectivity index (χ0n) is 12.3. The number of unbranched alkanes of at least 4 members (excludes halogenated alkanes) is 2. The van der Waals surface area contributed by atoms with Crippen LogP contribution in [-0.4, -0.2) is 30.1 Å². The number of aromatic amines is 1. The van der Waals surface area contributed by atoms with E-state index < -0.39 is 11.9 Å². The molecular weight excluding hydrogens is 272 g/mol. The van der Waals surface area contributed by atoms with Gasteiger partial charge in [0.25, 0.3) is 5.91 Å². The van der Waals surface area contributed by atoms with Gasteiger partial charge in [0.1, 0.15) is 11.7 Å². The van der Waals surface area contributed by atoms with Gasteiger partial charge in [0, 0.05) is 17.5 Å². The van der Waals surface area contributed by atoms with Crippen molar-refractivity contribution in [3.8, 4) is 0 Å². The molecule has 0 fully saturated rings. The van der Waals surface area contributed by atoms with Gasteiger partial charge in [-0.2, -0.15) is 0 Å². The molecule has 21 heavy (non-hydrogen) atoms. The summed E-state index contributed by atoms with van der Waals surface area (Å²) in [6.07, 6.45) is 5.15. The Labute approximate surface area is 123 Å². The van der Waals surface area contributed by atoms with Gasteiger partial charge in [-0.25, -0.2) is 10.3 Å². The van der Waals surface area contributed by atoms with Crippen LogP contribution in [0.2, 0.25) is 0 Å². The van der Waals surface area contributed by atoms with Crippen LogP contribution in [0.15, 0.2) is 23.9 Å². The van der Waals surface area contributed by atoms with Crippen LogP contribution in [0.5, 0.6) is 0 Å². The van der Waals surface area contributed by atoms with Crippen LogP contribution >= 0.6 is 0 Å². The fraction of sp³-hybridized carbons (Fsp3) is 0.467. The van der Waals surface area contributed by atoms with E-state index in [4.69, 9.17) is 4.74 Å². The molecule has 1 amide bonds. The highest BCUT2D eigenvalue weighted by Gasteiger charge is 2.38. The third kappa shape index (κ3) is 3.33. The van der Waals surface area contributed by atoms with Crippen molar-refractivity contribution in [1.29, 1.82) is 0 Å². The van der Waals surface area contributed by atoms with Gasteiger partial charge in [-0.15, -0.1) is 0 Å². The fourth-order valence-corrected chi connectivity index (χ4v) is 2.47. The summed E-state index contributed by atoms with van der Waals surface area (Å²) in [5.74, 6) is -1.18. The summed E-state index contributed by atoms with van der Waals surface area (Å²) >= 11 is 0. The first kappa shape index (κ1) is 15.3. The SMILES string of the molecule is CCCCCC1OC(=O)C(C(=O)NOC)=C1c1ccc[nH]1. The van der Waals surface area contributed by atoms with Crippen LogP contribution in [0.25, 0.3) is 5.57 Å².